The number of hydrogen-bond donors (Lipinski definition) is 1. The molecule has 1 aliphatic heterocycles. The quantitative estimate of drug-likeness (QED) is 0.162. The van der Waals surface area contributed by atoms with Gasteiger partial charge in [0, 0.05) is 41.3 Å². The van der Waals surface area contributed by atoms with Crippen molar-refractivity contribution in [3.05, 3.63) is 111 Å². The highest BCUT2D eigenvalue weighted by molar-refractivity contribution is 6.39. The van der Waals surface area contributed by atoms with Gasteiger partial charge in [-0.15, -0.1) is 0 Å². The Morgan fingerprint density at radius 3 is 2.29 bits per heavy atom. The van der Waals surface area contributed by atoms with Gasteiger partial charge in [-0.1, -0.05) is 56.3 Å². The van der Waals surface area contributed by atoms with E-state index in [9.17, 15) is 24.5 Å². The molecular weight excluding hydrogens is 484 g/mol. The molecule has 9 heteroatoms. The van der Waals surface area contributed by atoms with Crippen LogP contribution in [0.15, 0.2) is 84.6 Å². The van der Waals surface area contributed by atoms with Gasteiger partial charge in [0.2, 0.25) is 0 Å². The molecule has 1 saturated heterocycles. The summed E-state index contributed by atoms with van der Waals surface area (Å²) >= 11 is 0. The lowest BCUT2D eigenvalue weighted by Crippen LogP contribution is -2.54. The van der Waals surface area contributed by atoms with Gasteiger partial charge in [-0.3, -0.25) is 25.0 Å². The summed E-state index contributed by atoms with van der Waals surface area (Å²) in [7, 11) is 0. The molecule has 0 aliphatic carbocycles. The summed E-state index contributed by atoms with van der Waals surface area (Å²) in [5, 5.41) is 14.1. The number of fused-ring (bicyclic) bond motifs is 1. The minimum atomic E-state index is -0.796. The van der Waals surface area contributed by atoms with Crippen LogP contribution in [0.5, 0.6) is 0 Å². The Morgan fingerprint density at radius 1 is 0.947 bits per heavy atom. The van der Waals surface area contributed by atoms with Crippen molar-refractivity contribution in [1.29, 1.82) is 0 Å². The number of nitrogens with one attached hydrogen (secondary N) is 1. The lowest BCUT2D eigenvalue weighted by atomic mass is 10.0. The number of carbonyl (C=O) groups excluding carboxylic acids is 3. The van der Waals surface area contributed by atoms with E-state index in [0.29, 0.717) is 17.8 Å². The highest BCUT2D eigenvalue weighted by Gasteiger charge is 2.37. The Morgan fingerprint density at radius 2 is 1.63 bits per heavy atom. The van der Waals surface area contributed by atoms with Crippen LogP contribution < -0.4 is 10.2 Å². The highest BCUT2D eigenvalue weighted by atomic mass is 16.6. The fourth-order valence-electron chi connectivity index (χ4n) is 4.50. The Balaban J connectivity index is 1.51. The van der Waals surface area contributed by atoms with Crippen LogP contribution in [-0.4, -0.2) is 27.3 Å². The number of urea groups is 1. The number of non-ortho nitro benzene ring substituents is 1. The van der Waals surface area contributed by atoms with Crippen LogP contribution in [0.4, 0.5) is 16.2 Å². The Bertz CT molecular complexity index is 1620. The number of rotatable bonds is 6. The van der Waals surface area contributed by atoms with Crippen molar-refractivity contribution < 1.29 is 19.3 Å². The van der Waals surface area contributed by atoms with Crippen molar-refractivity contribution >= 4 is 46.2 Å². The van der Waals surface area contributed by atoms with Crippen molar-refractivity contribution in [2.24, 2.45) is 0 Å². The van der Waals surface area contributed by atoms with E-state index in [4.69, 9.17) is 0 Å². The molecule has 4 aromatic rings. The first-order valence-electron chi connectivity index (χ1n) is 12.1. The van der Waals surface area contributed by atoms with Crippen LogP contribution in [0.1, 0.15) is 36.5 Å². The average molecular weight is 509 g/mol. The third-order valence-corrected chi connectivity index (χ3v) is 6.54. The lowest BCUT2D eigenvalue weighted by Gasteiger charge is -2.26. The molecule has 0 unspecified atom stereocenters. The fourth-order valence-corrected chi connectivity index (χ4v) is 4.50. The zero-order valence-corrected chi connectivity index (χ0v) is 20.8. The van der Waals surface area contributed by atoms with E-state index in [2.05, 4.69) is 5.32 Å². The predicted octanol–water partition coefficient (Wildman–Crippen LogP) is 5.39. The van der Waals surface area contributed by atoms with Gasteiger partial charge in [-0.05, 0) is 41.3 Å². The molecule has 0 radical (unpaired) electrons. The lowest BCUT2D eigenvalue weighted by molar-refractivity contribution is -0.384. The molecule has 3 aromatic carbocycles. The molecular formula is C29H24N4O5. The van der Waals surface area contributed by atoms with Gasteiger partial charge in [0.25, 0.3) is 17.5 Å². The predicted molar refractivity (Wildman–Crippen MR) is 144 cm³/mol. The highest BCUT2D eigenvalue weighted by Crippen LogP contribution is 2.28. The van der Waals surface area contributed by atoms with Crippen LogP contribution in [-0.2, 0) is 16.1 Å². The van der Waals surface area contributed by atoms with Gasteiger partial charge in [-0.25, -0.2) is 9.69 Å². The summed E-state index contributed by atoms with van der Waals surface area (Å²) < 4.78 is 1.95. The number of anilines is 1. The van der Waals surface area contributed by atoms with Crippen LogP contribution in [0, 0.1) is 10.1 Å². The van der Waals surface area contributed by atoms with Crippen LogP contribution in [0.2, 0.25) is 0 Å². The summed E-state index contributed by atoms with van der Waals surface area (Å²) in [6, 6.07) is 20.1. The van der Waals surface area contributed by atoms with E-state index in [1.54, 1.807) is 24.3 Å². The molecule has 4 amide bonds. The maximum absolute atomic E-state index is 13.4. The summed E-state index contributed by atoms with van der Waals surface area (Å²) in [5.41, 5.74) is 3.63. The Hall–Kier alpha value is -5.05. The number of amides is 4. The zero-order valence-electron chi connectivity index (χ0n) is 20.8. The van der Waals surface area contributed by atoms with Gasteiger partial charge in [0.05, 0.1) is 10.6 Å². The zero-order chi connectivity index (χ0) is 27.0. The van der Waals surface area contributed by atoms with Crippen molar-refractivity contribution in [2.75, 3.05) is 4.90 Å². The molecule has 0 spiro atoms. The number of benzene rings is 3. The van der Waals surface area contributed by atoms with Gasteiger partial charge in [0.1, 0.15) is 5.57 Å². The number of barbiturate groups is 1. The summed E-state index contributed by atoms with van der Waals surface area (Å²) in [4.78, 5) is 50.3. The molecule has 9 nitrogen and oxygen atoms in total. The number of hydrogen-bond acceptors (Lipinski definition) is 5. The van der Waals surface area contributed by atoms with E-state index in [-0.39, 0.29) is 17.2 Å². The molecule has 0 bridgehead atoms. The number of imide groups is 2. The number of carbonyl (C=O) groups is 3. The normalized spacial score (nSPS) is 15.0. The topological polar surface area (TPSA) is 115 Å². The number of nitrogens with zero attached hydrogens (tertiary/aromatic N) is 3. The number of aromatic nitrogens is 1. The standard InChI is InChI=1S/C29H24N4O5/c1-18(2)20-9-13-22(14-10-20)32-28(35)25(27(34)30-29(32)36)15-21-17-31(26-6-4-3-5-24(21)26)16-19-7-11-23(12-8-19)33(37)38/h3-15,17-18H,16H2,1-2H3,(H,30,34,36)/b25-15+. The van der Waals surface area contributed by atoms with Crippen LogP contribution in [0.25, 0.3) is 17.0 Å². The second-order valence-electron chi connectivity index (χ2n) is 9.36. The largest absolute Gasteiger partial charge is 0.342 e. The molecule has 38 heavy (non-hydrogen) atoms. The van der Waals surface area contributed by atoms with Crippen LogP contribution in [0.3, 0.4) is 0 Å². The minimum Gasteiger partial charge on any atom is -0.342 e. The van der Waals surface area contributed by atoms with E-state index < -0.39 is 22.8 Å². The van der Waals surface area contributed by atoms with Gasteiger partial charge in [0.15, 0.2) is 0 Å². The summed E-state index contributed by atoms with van der Waals surface area (Å²) in [6.45, 7) is 4.52. The maximum atomic E-state index is 13.4. The van der Waals surface area contributed by atoms with Gasteiger partial charge < -0.3 is 4.57 Å². The van der Waals surface area contributed by atoms with E-state index >= 15 is 0 Å². The number of nitro benzene ring substituents is 1. The fraction of sp³-hybridized carbons (Fsp3) is 0.138. The second kappa shape index (κ2) is 9.78. The molecule has 5 rings (SSSR count). The van der Waals surface area contributed by atoms with Crippen molar-refractivity contribution in [3.63, 3.8) is 0 Å². The van der Waals surface area contributed by atoms with Crippen molar-refractivity contribution in [3.8, 4) is 0 Å². The SMILES string of the molecule is CC(C)c1ccc(N2C(=O)NC(=O)/C(=C\c3cn(Cc4ccc([N+](=O)[O-])cc4)c4ccccc34)C2=O)cc1. The maximum Gasteiger partial charge on any atom is 0.335 e. The van der Waals surface area contributed by atoms with Crippen LogP contribution >= 0.6 is 0 Å². The molecule has 1 fully saturated rings. The number of para-hydroxylation sites is 1. The molecule has 0 atom stereocenters. The van der Waals surface area contributed by atoms with Gasteiger partial charge >= 0.3 is 6.03 Å². The van der Waals surface area contributed by atoms with Crippen molar-refractivity contribution in [2.45, 2.75) is 26.3 Å². The number of nitro groups is 1. The molecule has 1 aromatic heterocycles. The molecule has 1 N–H and O–H groups in total. The molecule has 0 saturated carbocycles. The van der Waals surface area contributed by atoms with Gasteiger partial charge in [-0.2, -0.15) is 0 Å². The van der Waals surface area contributed by atoms with E-state index in [1.165, 1.54) is 18.2 Å². The third-order valence-electron chi connectivity index (χ3n) is 6.54. The average Bonchev–Trinajstić information content (AvgIpc) is 3.24. The minimum absolute atomic E-state index is 0.0105. The third kappa shape index (κ3) is 4.57. The monoisotopic (exact) mass is 508 g/mol. The first-order chi connectivity index (χ1) is 18.2. The first kappa shape index (κ1) is 24.6. The van der Waals surface area contributed by atoms with E-state index in [1.807, 2.05) is 61.0 Å². The Kier molecular flexibility index (Phi) is 6.34. The second-order valence-corrected chi connectivity index (χ2v) is 9.36. The summed E-state index contributed by atoms with van der Waals surface area (Å²) in [6.07, 6.45) is 3.31. The molecule has 190 valence electrons. The van der Waals surface area contributed by atoms with E-state index in [0.717, 1.165) is 26.9 Å². The Labute approximate surface area is 218 Å². The smallest absolute Gasteiger partial charge is 0.335 e. The van der Waals surface area contributed by atoms with Crippen molar-refractivity contribution in [1.82, 2.24) is 9.88 Å². The summed E-state index contributed by atoms with van der Waals surface area (Å²) in [5.74, 6) is -1.18. The molecule has 1 aliphatic rings. The molecule has 2 heterocycles. The first-order valence-corrected chi connectivity index (χ1v) is 12.1.